The van der Waals surface area contributed by atoms with Gasteiger partial charge in [0, 0.05) is 23.8 Å². The zero-order valence-corrected chi connectivity index (χ0v) is 24.9. The van der Waals surface area contributed by atoms with E-state index < -0.39 is 0 Å². The molecule has 0 unspecified atom stereocenters. The summed E-state index contributed by atoms with van der Waals surface area (Å²) in [5.41, 5.74) is 3.03. The Kier molecular flexibility index (Phi) is 11.3. The number of carbonyl (C=O) groups is 2. The van der Waals surface area contributed by atoms with Crippen LogP contribution in [-0.4, -0.2) is 16.7 Å². The summed E-state index contributed by atoms with van der Waals surface area (Å²) in [4.78, 5) is 26.1. The van der Waals surface area contributed by atoms with Crippen molar-refractivity contribution in [2.75, 3.05) is 0 Å². The number of fused-ring (bicyclic) bond motifs is 5. The lowest BCUT2D eigenvalue weighted by Crippen LogP contribution is -2.42. The van der Waals surface area contributed by atoms with Crippen LogP contribution in [0.5, 0.6) is 5.75 Å². The SMILES string of the molecule is CCCCCCCCC=CCCCCCCCC(=O)c1cc(O)cc2c1[C@H]1CC[C@]3(C)C(=O)CC[C@H]3[C@@H]1CC2. The minimum Gasteiger partial charge on any atom is -0.508 e. The largest absolute Gasteiger partial charge is 0.508 e. The van der Waals surface area contributed by atoms with Gasteiger partial charge in [-0.05, 0) is 105 Å². The first-order valence-electron chi connectivity index (χ1n) is 16.5. The van der Waals surface area contributed by atoms with Gasteiger partial charge in [-0.2, -0.15) is 0 Å². The Labute approximate surface area is 238 Å². The molecule has 0 aliphatic heterocycles. The lowest BCUT2D eigenvalue weighted by Gasteiger charge is -2.48. The van der Waals surface area contributed by atoms with Crippen LogP contribution >= 0.6 is 0 Å². The van der Waals surface area contributed by atoms with Gasteiger partial charge in [0.2, 0.25) is 0 Å². The highest BCUT2D eigenvalue weighted by atomic mass is 16.3. The molecule has 0 heterocycles. The molecule has 1 N–H and O–H groups in total. The van der Waals surface area contributed by atoms with Crippen LogP contribution in [0.25, 0.3) is 0 Å². The molecule has 1 aromatic carbocycles. The van der Waals surface area contributed by atoms with Crippen molar-refractivity contribution in [3.63, 3.8) is 0 Å². The fraction of sp³-hybridized carbons (Fsp3) is 0.722. The summed E-state index contributed by atoms with van der Waals surface area (Å²) in [7, 11) is 0. The van der Waals surface area contributed by atoms with Crippen LogP contribution in [0.1, 0.15) is 163 Å². The van der Waals surface area contributed by atoms with E-state index in [9.17, 15) is 14.7 Å². The van der Waals surface area contributed by atoms with E-state index in [0.29, 0.717) is 30.0 Å². The molecule has 1 aromatic rings. The number of aryl methyl sites for hydroxylation is 1. The first-order chi connectivity index (χ1) is 19.0. The van der Waals surface area contributed by atoms with Crippen LogP contribution in [0.3, 0.4) is 0 Å². The molecule has 4 atom stereocenters. The highest BCUT2D eigenvalue weighted by Gasteiger charge is 2.55. The maximum absolute atomic E-state index is 13.4. The average Bonchev–Trinajstić information content (AvgIpc) is 3.24. The molecule has 0 amide bonds. The molecule has 2 saturated carbocycles. The van der Waals surface area contributed by atoms with Crippen molar-refractivity contribution in [3.8, 4) is 5.75 Å². The highest BCUT2D eigenvalue weighted by molar-refractivity contribution is 5.98. The van der Waals surface area contributed by atoms with Crippen LogP contribution in [0, 0.1) is 17.3 Å². The first-order valence-corrected chi connectivity index (χ1v) is 16.5. The highest BCUT2D eigenvalue weighted by Crippen LogP contribution is 2.60. The van der Waals surface area contributed by atoms with Gasteiger partial charge < -0.3 is 5.11 Å². The van der Waals surface area contributed by atoms with Crippen LogP contribution in [0.2, 0.25) is 0 Å². The minimum atomic E-state index is -0.149. The summed E-state index contributed by atoms with van der Waals surface area (Å²) in [6, 6.07) is 3.65. The van der Waals surface area contributed by atoms with Gasteiger partial charge in [-0.25, -0.2) is 0 Å². The smallest absolute Gasteiger partial charge is 0.163 e. The van der Waals surface area contributed by atoms with Gasteiger partial charge in [0.25, 0.3) is 0 Å². The van der Waals surface area contributed by atoms with E-state index in [1.165, 1.54) is 81.8 Å². The number of hydrogen-bond donors (Lipinski definition) is 1. The zero-order valence-electron chi connectivity index (χ0n) is 24.9. The molecule has 39 heavy (non-hydrogen) atoms. The molecule has 3 heteroatoms. The van der Waals surface area contributed by atoms with E-state index in [2.05, 4.69) is 26.0 Å². The van der Waals surface area contributed by atoms with Crippen molar-refractivity contribution < 1.29 is 14.7 Å². The predicted octanol–water partition coefficient (Wildman–Crippen LogP) is 10.0. The number of hydrogen-bond acceptors (Lipinski definition) is 3. The third-order valence-electron chi connectivity index (χ3n) is 10.5. The second-order valence-electron chi connectivity index (χ2n) is 13.2. The van der Waals surface area contributed by atoms with Crippen LogP contribution in [0.4, 0.5) is 0 Å². The van der Waals surface area contributed by atoms with Gasteiger partial charge in [0.05, 0.1) is 0 Å². The third kappa shape index (κ3) is 7.44. The Morgan fingerprint density at radius 3 is 2.28 bits per heavy atom. The van der Waals surface area contributed by atoms with Gasteiger partial charge in [0.15, 0.2) is 5.78 Å². The van der Waals surface area contributed by atoms with Gasteiger partial charge in [0.1, 0.15) is 11.5 Å². The Hall–Kier alpha value is -1.90. The van der Waals surface area contributed by atoms with E-state index in [-0.39, 0.29) is 16.9 Å². The summed E-state index contributed by atoms with van der Waals surface area (Å²) in [5, 5.41) is 10.4. The number of ketones is 2. The molecule has 0 aromatic heterocycles. The average molecular weight is 535 g/mol. The molecule has 0 bridgehead atoms. The number of unbranched alkanes of at least 4 members (excludes halogenated alkanes) is 11. The number of phenols is 1. The van der Waals surface area contributed by atoms with Crippen molar-refractivity contribution in [1.29, 1.82) is 0 Å². The minimum absolute atomic E-state index is 0.149. The Bertz CT molecular complexity index is 991. The first kappa shape index (κ1) is 30.1. The topological polar surface area (TPSA) is 54.4 Å². The molecule has 3 aliphatic carbocycles. The van der Waals surface area contributed by atoms with E-state index in [0.717, 1.165) is 56.9 Å². The van der Waals surface area contributed by atoms with Gasteiger partial charge in [-0.3, -0.25) is 9.59 Å². The Balaban J connectivity index is 1.19. The summed E-state index contributed by atoms with van der Waals surface area (Å²) in [5.74, 6) is 2.22. The van der Waals surface area contributed by atoms with Crippen molar-refractivity contribution >= 4 is 11.6 Å². The van der Waals surface area contributed by atoms with Crippen molar-refractivity contribution in [1.82, 2.24) is 0 Å². The molecule has 0 radical (unpaired) electrons. The molecular formula is C36H54O3. The molecule has 3 nitrogen and oxygen atoms in total. The summed E-state index contributed by atoms with van der Waals surface area (Å²) < 4.78 is 0. The van der Waals surface area contributed by atoms with E-state index in [1.807, 2.05) is 6.07 Å². The van der Waals surface area contributed by atoms with Crippen LogP contribution < -0.4 is 0 Å². The Morgan fingerprint density at radius 2 is 1.56 bits per heavy atom. The molecular weight excluding hydrogens is 480 g/mol. The predicted molar refractivity (Wildman–Crippen MR) is 162 cm³/mol. The standard InChI is InChI=1S/C36H54O3/c1-3-4-5-6-7-8-9-10-11-12-13-14-15-16-17-18-33(38)31-26-28(37)25-27-19-20-29-30(35(27)31)23-24-36(2)32(29)21-22-34(36)39/h10-11,25-26,29-30,32,37H,3-9,12-24H2,1-2H3/t29-,30+,32+,36+/m1/s1. The summed E-state index contributed by atoms with van der Waals surface area (Å²) >= 11 is 0. The number of aromatic hydroxyl groups is 1. The summed E-state index contributed by atoms with van der Waals surface area (Å²) in [6.07, 6.45) is 27.3. The second kappa shape index (κ2) is 14.6. The van der Waals surface area contributed by atoms with Crippen molar-refractivity contribution in [2.45, 2.75) is 148 Å². The monoisotopic (exact) mass is 534 g/mol. The number of Topliss-reactive ketones (excluding diaryl/α,β-unsaturated/α-hetero) is 2. The quantitative estimate of drug-likeness (QED) is 0.130. The van der Waals surface area contributed by atoms with Crippen LogP contribution in [-0.2, 0) is 11.2 Å². The lowest BCUT2D eigenvalue weighted by molar-refractivity contribution is -0.129. The van der Waals surface area contributed by atoms with Crippen LogP contribution in [0.15, 0.2) is 24.3 Å². The fourth-order valence-electron chi connectivity index (χ4n) is 8.20. The van der Waals surface area contributed by atoms with Gasteiger partial charge in [-0.15, -0.1) is 0 Å². The van der Waals surface area contributed by atoms with Gasteiger partial charge in [-0.1, -0.05) is 77.4 Å². The molecule has 0 spiro atoms. The number of carbonyl (C=O) groups excluding carboxylic acids is 2. The lowest BCUT2D eigenvalue weighted by atomic mass is 9.55. The molecule has 3 aliphatic rings. The summed E-state index contributed by atoms with van der Waals surface area (Å²) in [6.45, 7) is 4.47. The van der Waals surface area contributed by atoms with E-state index in [1.54, 1.807) is 6.07 Å². The molecule has 0 saturated heterocycles. The normalized spacial score (nSPS) is 26.0. The van der Waals surface area contributed by atoms with Gasteiger partial charge >= 0.3 is 0 Å². The molecule has 4 rings (SSSR count). The van der Waals surface area contributed by atoms with Crippen molar-refractivity contribution in [3.05, 3.63) is 41.0 Å². The van der Waals surface area contributed by atoms with E-state index >= 15 is 0 Å². The second-order valence-corrected chi connectivity index (χ2v) is 13.2. The maximum atomic E-state index is 13.4. The van der Waals surface area contributed by atoms with E-state index in [4.69, 9.17) is 0 Å². The fourth-order valence-corrected chi connectivity index (χ4v) is 8.20. The molecule has 216 valence electrons. The number of phenolic OH excluding ortho intramolecular Hbond substituents is 1. The molecule has 2 fully saturated rings. The van der Waals surface area contributed by atoms with Crippen molar-refractivity contribution in [2.24, 2.45) is 17.3 Å². The zero-order chi connectivity index (χ0) is 27.7. The Morgan fingerprint density at radius 1 is 0.897 bits per heavy atom. The maximum Gasteiger partial charge on any atom is 0.163 e. The number of allylic oxidation sites excluding steroid dienone is 2. The number of rotatable bonds is 16. The third-order valence-corrected chi connectivity index (χ3v) is 10.5. The number of benzene rings is 1.